The maximum absolute atomic E-state index is 10.9. The molecule has 1 unspecified atom stereocenters. The molecule has 1 heterocycles. The second-order valence-corrected chi connectivity index (χ2v) is 3.50. The van der Waals surface area contributed by atoms with Gasteiger partial charge in [0.05, 0.1) is 5.41 Å². The predicted molar refractivity (Wildman–Crippen MR) is 59.0 cm³/mol. The van der Waals surface area contributed by atoms with Crippen molar-refractivity contribution < 1.29 is 4.79 Å². The summed E-state index contributed by atoms with van der Waals surface area (Å²) in [5, 5.41) is 2.14. The van der Waals surface area contributed by atoms with Crippen molar-refractivity contribution in [1.29, 1.82) is 0 Å². The van der Waals surface area contributed by atoms with Gasteiger partial charge < -0.3 is 9.78 Å². The number of fused-ring (bicyclic) bond motifs is 1. The normalized spacial score (nSPS) is 23.5. The Hall–Kier alpha value is -1.57. The molecule has 2 rings (SSSR count). The summed E-state index contributed by atoms with van der Waals surface area (Å²) < 4.78 is 0. The molecule has 0 aromatic carbocycles. The molecule has 1 atom stereocenters. The largest absolute Gasteiger partial charge is 0.361 e. The van der Waals surface area contributed by atoms with E-state index in [1.54, 1.807) is 0 Å². The summed E-state index contributed by atoms with van der Waals surface area (Å²) in [7, 11) is 0. The molecule has 0 amide bonds. The molecule has 2 heteroatoms. The minimum Gasteiger partial charge on any atom is -0.361 e. The van der Waals surface area contributed by atoms with Gasteiger partial charge in [-0.3, -0.25) is 0 Å². The Morgan fingerprint density at radius 1 is 1.50 bits per heavy atom. The van der Waals surface area contributed by atoms with E-state index in [-0.39, 0.29) is 7.43 Å². The van der Waals surface area contributed by atoms with Crippen LogP contribution >= 0.6 is 0 Å². The summed E-state index contributed by atoms with van der Waals surface area (Å²) in [6, 6.07) is 1.97. The number of carbonyl (C=O) groups is 1. The average Bonchev–Trinajstić information content (AvgIpc) is 2.47. The van der Waals surface area contributed by atoms with Gasteiger partial charge in [0.15, 0.2) is 0 Å². The number of rotatable bonds is 1. The molecule has 1 N–H and O–H groups in total. The Labute approximate surface area is 83.7 Å². The standard InChI is InChI=1S/C11H11NO.CH4/c1-11(8-13)5-2-3-10-9(7-11)4-6-12-10;/h2-8,12H,1H3;1H4. The first-order valence-electron chi connectivity index (χ1n) is 4.26. The van der Waals surface area contributed by atoms with Crippen LogP contribution in [0.3, 0.4) is 0 Å². The van der Waals surface area contributed by atoms with E-state index in [9.17, 15) is 4.79 Å². The van der Waals surface area contributed by atoms with Crippen molar-refractivity contribution in [2.24, 2.45) is 5.41 Å². The molecule has 0 radical (unpaired) electrons. The summed E-state index contributed by atoms with van der Waals surface area (Å²) in [6.45, 7) is 1.90. The summed E-state index contributed by atoms with van der Waals surface area (Å²) in [6.07, 6.45) is 10.6. The first kappa shape index (κ1) is 10.5. The second kappa shape index (κ2) is 3.66. The van der Waals surface area contributed by atoms with Crippen LogP contribution in [0.1, 0.15) is 14.4 Å². The number of nitrogens with one attached hydrogen (secondary N) is 1. The Balaban J connectivity index is 0.000000980. The Morgan fingerprint density at radius 3 is 3.00 bits per heavy atom. The second-order valence-electron chi connectivity index (χ2n) is 3.50. The summed E-state index contributed by atoms with van der Waals surface area (Å²) in [4.78, 5) is 14.0. The van der Waals surface area contributed by atoms with Crippen LogP contribution in [0.4, 0.5) is 0 Å². The molecule has 0 aliphatic heterocycles. The van der Waals surface area contributed by atoms with Gasteiger partial charge in [-0.05, 0) is 24.3 Å². The maximum atomic E-state index is 10.9. The first-order chi connectivity index (χ1) is 6.23. The van der Waals surface area contributed by atoms with Gasteiger partial charge in [0, 0.05) is 11.5 Å². The average molecular weight is 189 g/mol. The van der Waals surface area contributed by atoms with Crippen LogP contribution in [0.15, 0.2) is 24.4 Å². The van der Waals surface area contributed by atoms with Crippen molar-refractivity contribution in [3.8, 4) is 0 Å². The van der Waals surface area contributed by atoms with Crippen LogP contribution in [0.2, 0.25) is 0 Å². The van der Waals surface area contributed by atoms with Gasteiger partial charge in [-0.25, -0.2) is 0 Å². The van der Waals surface area contributed by atoms with E-state index in [1.807, 2.05) is 43.5 Å². The SMILES string of the molecule is C.CC1(C=O)C=CC=c2[nH]ccc2=C1. The van der Waals surface area contributed by atoms with Crippen molar-refractivity contribution >= 4 is 18.4 Å². The third-order valence-corrected chi connectivity index (χ3v) is 2.25. The molecule has 1 aliphatic carbocycles. The van der Waals surface area contributed by atoms with E-state index in [1.165, 1.54) is 0 Å². The van der Waals surface area contributed by atoms with Crippen molar-refractivity contribution in [1.82, 2.24) is 4.98 Å². The molecule has 74 valence electrons. The quantitative estimate of drug-likeness (QED) is 0.656. The van der Waals surface area contributed by atoms with E-state index in [0.717, 1.165) is 16.9 Å². The van der Waals surface area contributed by atoms with Crippen molar-refractivity contribution in [2.45, 2.75) is 14.4 Å². The molecular formula is C12H15NO. The number of hydrogen-bond donors (Lipinski definition) is 1. The molecule has 0 bridgehead atoms. The Bertz CT molecular complexity index is 467. The van der Waals surface area contributed by atoms with Gasteiger partial charge in [0.1, 0.15) is 6.29 Å². The number of hydrogen-bond acceptors (Lipinski definition) is 1. The Kier molecular flexibility index (Phi) is 2.75. The first-order valence-corrected chi connectivity index (χ1v) is 4.26. The van der Waals surface area contributed by atoms with Gasteiger partial charge in [-0.1, -0.05) is 25.7 Å². The van der Waals surface area contributed by atoms with Crippen molar-refractivity contribution in [3.63, 3.8) is 0 Å². The van der Waals surface area contributed by atoms with E-state index >= 15 is 0 Å². The molecule has 1 aromatic heterocycles. The zero-order valence-corrected chi connectivity index (χ0v) is 7.45. The van der Waals surface area contributed by atoms with Gasteiger partial charge >= 0.3 is 0 Å². The lowest BCUT2D eigenvalue weighted by Crippen LogP contribution is -2.24. The van der Waals surface area contributed by atoms with E-state index in [0.29, 0.717) is 0 Å². The summed E-state index contributed by atoms with van der Waals surface area (Å²) >= 11 is 0. The number of allylic oxidation sites excluding steroid dienone is 2. The zero-order chi connectivity index (χ0) is 9.31. The monoisotopic (exact) mass is 189 g/mol. The highest BCUT2D eigenvalue weighted by molar-refractivity contribution is 5.74. The van der Waals surface area contributed by atoms with Crippen LogP contribution in [0, 0.1) is 5.41 Å². The third kappa shape index (κ3) is 1.69. The molecule has 1 aliphatic rings. The molecule has 1 aromatic rings. The zero-order valence-electron chi connectivity index (χ0n) is 7.45. The minimum atomic E-state index is -0.468. The van der Waals surface area contributed by atoms with Crippen molar-refractivity contribution in [2.75, 3.05) is 0 Å². The molecule has 0 saturated heterocycles. The molecule has 0 spiro atoms. The van der Waals surface area contributed by atoms with E-state index in [4.69, 9.17) is 0 Å². The van der Waals surface area contributed by atoms with Gasteiger partial charge in [0.2, 0.25) is 0 Å². The fourth-order valence-corrected chi connectivity index (χ4v) is 1.47. The fraction of sp³-hybridized carbons (Fsp3) is 0.250. The lowest BCUT2D eigenvalue weighted by atomic mass is 9.92. The minimum absolute atomic E-state index is 0. The predicted octanol–water partition coefficient (Wildman–Crippen LogP) is 0.987. The molecule has 14 heavy (non-hydrogen) atoms. The number of carbonyl (C=O) groups excluding carboxylic acids is 1. The number of H-pyrrole nitrogens is 1. The van der Waals surface area contributed by atoms with Gasteiger partial charge in [-0.2, -0.15) is 0 Å². The van der Waals surface area contributed by atoms with E-state index < -0.39 is 5.41 Å². The van der Waals surface area contributed by atoms with Crippen LogP contribution in [0.25, 0.3) is 12.2 Å². The third-order valence-electron chi connectivity index (χ3n) is 2.25. The highest BCUT2D eigenvalue weighted by atomic mass is 16.1. The lowest BCUT2D eigenvalue weighted by Gasteiger charge is -2.10. The van der Waals surface area contributed by atoms with Crippen LogP contribution < -0.4 is 10.6 Å². The molecule has 0 saturated carbocycles. The van der Waals surface area contributed by atoms with Gasteiger partial charge in [-0.15, -0.1) is 0 Å². The fourth-order valence-electron chi connectivity index (χ4n) is 1.47. The topological polar surface area (TPSA) is 32.9 Å². The Morgan fingerprint density at radius 2 is 2.29 bits per heavy atom. The number of aromatic nitrogens is 1. The summed E-state index contributed by atoms with van der Waals surface area (Å²) in [5.74, 6) is 0. The van der Waals surface area contributed by atoms with E-state index in [2.05, 4.69) is 4.98 Å². The van der Waals surface area contributed by atoms with Crippen LogP contribution in [0.5, 0.6) is 0 Å². The smallest absolute Gasteiger partial charge is 0.133 e. The lowest BCUT2D eigenvalue weighted by molar-refractivity contribution is -0.111. The maximum Gasteiger partial charge on any atom is 0.133 e. The molecular weight excluding hydrogens is 174 g/mol. The highest BCUT2D eigenvalue weighted by Crippen LogP contribution is 2.17. The highest BCUT2D eigenvalue weighted by Gasteiger charge is 2.16. The van der Waals surface area contributed by atoms with Crippen molar-refractivity contribution in [3.05, 3.63) is 35.0 Å². The molecule has 0 fully saturated rings. The van der Waals surface area contributed by atoms with Crippen LogP contribution in [-0.4, -0.2) is 11.3 Å². The van der Waals surface area contributed by atoms with Gasteiger partial charge in [0.25, 0.3) is 0 Å². The number of aromatic amines is 1. The van der Waals surface area contributed by atoms with Crippen LogP contribution in [-0.2, 0) is 4.79 Å². The summed E-state index contributed by atoms with van der Waals surface area (Å²) in [5.41, 5.74) is -0.468. The molecule has 2 nitrogen and oxygen atoms in total. The number of aldehydes is 1.